The van der Waals surface area contributed by atoms with E-state index in [2.05, 4.69) is 11.8 Å². The van der Waals surface area contributed by atoms with Gasteiger partial charge in [0.15, 0.2) is 0 Å². The van der Waals surface area contributed by atoms with Crippen molar-refractivity contribution < 1.29 is 9.13 Å². The van der Waals surface area contributed by atoms with Gasteiger partial charge >= 0.3 is 0 Å². The Labute approximate surface area is 115 Å². The molecule has 0 bridgehead atoms. The first-order valence-electron chi connectivity index (χ1n) is 7.52. The van der Waals surface area contributed by atoms with Crippen molar-refractivity contribution in [2.45, 2.75) is 63.6 Å². The van der Waals surface area contributed by atoms with Crippen molar-refractivity contribution >= 4 is 11.8 Å². The fourth-order valence-electron chi connectivity index (χ4n) is 3.22. The second kappa shape index (κ2) is 7.74. The van der Waals surface area contributed by atoms with E-state index in [1.54, 1.807) is 0 Å². The van der Waals surface area contributed by atoms with Crippen LogP contribution in [0.5, 0.6) is 0 Å². The summed E-state index contributed by atoms with van der Waals surface area (Å²) in [5, 5.41) is 0. The van der Waals surface area contributed by atoms with Crippen LogP contribution in [0.3, 0.4) is 0 Å². The number of thioether (sulfide) groups is 1. The topological polar surface area (TPSA) is 9.23 Å². The Morgan fingerprint density at radius 3 is 1.89 bits per heavy atom. The van der Waals surface area contributed by atoms with Crippen LogP contribution in [0.15, 0.2) is 0 Å². The molecule has 0 amide bonds. The van der Waals surface area contributed by atoms with Gasteiger partial charge in [-0.15, -0.1) is 0 Å². The largest absolute Gasteiger partial charge is 0.381 e. The maximum absolute atomic E-state index is 13.0. The molecule has 2 saturated carbocycles. The first-order valence-corrected chi connectivity index (χ1v) is 8.68. The molecule has 18 heavy (non-hydrogen) atoms. The van der Waals surface area contributed by atoms with Gasteiger partial charge in [-0.25, -0.2) is 4.39 Å². The van der Waals surface area contributed by atoms with Crippen molar-refractivity contribution in [3.05, 3.63) is 0 Å². The summed E-state index contributed by atoms with van der Waals surface area (Å²) in [4.78, 5) is 0. The molecule has 2 rings (SSSR count). The zero-order valence-electron chi connectivity index (χ0n) is 11.6. The molecule has 2 aliphatic rings. The average molecular weight is 274 g/mol. The smallest absolute Gasteiger partial charge is 0.100 e. The fraction of sp³-hybridized carbons (Fsp3) is 1.00. The summed E-state index contributed by atoms with van der Waals surface area (Å²) in [6.45, 7) is 0. The van der Waals surface area contributed by atoms with E-state index in [1.165, 1.54) is 37.2 Å². The van der Waals surface area contributed by atoms with E-state index in [-0.39, 0.29) is 0 Å². The molecule has 2 fully saturated rings. The molecule has 0 saturated heterocycles. The minimum atomic E-state index is -0.504. The SMILES string of the molecule is COC1CCC(CSCC2CCC(F)CC2)CC1. The lowest BCUT2D eigenvalue weighted by Crippen LogP contribution is -2.22. The Morgan fingerprint density at radius 1 is 0.889 bits per heavy atom. The molecule has 2 aliphatic carbocycles. The van der Waals surface area contributed by atoms with E-state index in [1.807, 2.05) is 7.11 Å². The second-order valence-electron chi connectivity index (χ2n) is 6.03. The van der Waals surface area contributed by atoms with Crippen LogP contribution in [0.2, 0.25) is 0 Å². The van der Waals surface area contributed by atoms with Gasteiger partial charge in [-0.05, 0) is 74.7 Å². The summed E-state index contributed by atoms with van der Waals surface area (Å²) in [5.74, 6) is 4.26. The molecule has 0 spiro atoms. The average Bonchev–Trinajstić information content (AvgIpc) is 2.42. The molecular weight excluding hydrogens is 247 g/mol. The van der Waals surface area contributed by atoms with Gasteiger partial charge < -0.3 is 4.74 Å². The first kappa shape index (κ1) is 14.6. The third-order valence-corrected chi connectivity index (χ3v) is 6.02. The number of methoxy groups -OCH3 is 1. The molecule has 1 nitrogen and oxygen atoms in total. The summed E-state index contributed by atoms with van der Waals surface area (Å²) < 4.78 is 18.4. The second-order valence-corrected chi connectivity index (χ2v) is 7.11. The zero-order valence-corrected chi connectivity index (χ0v) is 12.4. The minimum absolute atomic E-state index is 0.504. The van der Waals surface area contributed by atoms with Crippen LogP contribution < -0.4 is 0 Å². The number of halogens is 1. The summed E-state index contributed by atoms with van der Waals surface area (Å²) in [6, 6.07) is 0. The molecule has 0 aromatic carbocycles. The molecule has 3 heteroatoms. The highest BCUT2D eigenvalue weighted by Crippen LogP contribution is 2.32. The molecule has 106 valence electrons. The van der Waals surface area contributed by atoms with Crippen LogP contribution in [0.1, 0.15) is 51.4 Å². The zero-order chi connectivity index (χ0) is 12.8. The molecular formula is C15H27FOS. The van der Waals surface area contributed by atoms with Crippen molar-refractivity contribution in [3.8, 4) is 0 Å². The van der Waals surface area contributed by atoms with Gasteiger partial charge in [0.1, 0.15) is 6.17 Å². The highest BCUT2D eigenvalue weighted by molar-refractivity contribution is 7.99. The number of hydrogen-bond acceptors (Lipinski definition) is 2. The maximum atomic E-state index is 13.0. The van der Waals surface area contributed by atoms with E-state index >= 15 is 0 Å². The summed E-state index contributed by atoms with van der Waals surface area (Å²) in [7, 11) is 1.83. The standard InChI is InChI=1S/C15H27FOS/c1-17-15-8-4-13(5-9-15)11-18-10-12-2-6-14(16)7-3-12/h12-15H,2-11H2,1H3. The first-order chi connectivity index (χ1) is 8.78. The number of rotatable bonds is 5. The van der Waals surface area contributed by atoms with Gasteiger partial charge in [0.2, 0.25) is 0 Å². The van der Waals surface area contributed by atoms with Crippen LogP contribution in [0.25, 0.3) is 0 Å². The highest BCUT2D eigenvalue weighted by atomic mass is 32.2. The molecule has 0 heterocycles. The monoisotopic (exact) mass is 274 g/mol. The Hall–Kier alpha value is 0.240. The lowest BCUT2D eigenvalue weighted by molar-refractivity contribution is 0.0599. The van der Waals surface area contributed by atoms with Crippen molar-refractivity contribution in [2.24, 2.45) is 11.8 Å². The summed E-state index contributed by atoms with van der Waals surface area (Å²) in [5.41, 5.74) is 0. The molecule has 0 N–H and O–H groups in total. The molecule has 0 aromatic heterocycles. The van der Waals surface area contributed by atoms with Crippen molar-refractivity contribution in [3.63, 3.8) is 0 Å². The van der Waals surface area contributed by atoms with Gasteiger partial charge in [-0.1, -0.05) is 0 Å². The highest BCUT2D eigenvalue weighted by Gasteiger charge is 2.23. The Bertz CT molecular complexity index is 221. The Kier molecular flexibility index (Phi) is 6.30. The van der Waals surface area contributed by atoms with Crippen molar-refractivity contribution in [1.82, 2.24) is 0 Å². The third kappa shape index (κ3) is 4.73. The van der Waals surface area contributed by atoms with Crippen LogP contribution >= 0.6 is 11.8 Å². The predicted molar refractivity (Wildman–Crippen MR) is 76.9 cm³/mol. The minimum Gasteiger partial charge on any atom is -0.381 e. The van der Waals surface area contributed by atoms with Crippen LogP contribution in [0.4, 0.5) is 4.39 Å². The molecule has 0 aliphatic heterocycles. The third-order valence-electron chi connectivity index (χ3n) is 4.61. The lowest BCUT2D eigenvalue weighted by Gasteiger charge is -2.28. The normalized spacial score (nSPS) is 37.7. The fourth-order valence-corrected chi connectivity index (χ4v) is 4.69. The van der Waals surface area contributed by atoms with Crippen molar-refractivity contribution in [1.29, 1.82) is 0 Å². The Morgan fingerprint density at radius 2 is 1.39 bits per heavy atom. The van der Waals surface area contributed by atoms with Gasteiger partial charge in [0.05, 0.1) is 6.10 Å². The predicted octanol–water partition coefficient (Wildman–Crippen LogP) is 4.45. The van der Waals surface area contributed by atoms with Gasteiger partial charge in [-0.3, -0.25) is 0 Å². The molecule has 0 aromatic rings. The molecule has 0 unspecified atom stereocenters. The Balaban J connectivity index is 1.53. The summed E-state index contributed by atoms with van der Waals surface area (Å²) >= 11 is 2.11. The van der Waals surface area contributed by atoms with Gasteiger partial charge in [-0.2, -0.15) is 11.8 Å². The quantitative estimate of drug-likeness (QED) is 0.732. The van der Waals surface area contributed by atoms with Crippen LogP contribution in [0, 0.1) is 11.8 Å². The van der Waals surface area contributed by atoms with Crippen molar-refractivity contribution in [2.75, 3.05) is 18.6 Å². The van der Waals surface area contributed by atoms with E-state index in [4.69, 9.17) is 4.74 Å². The van der Waals surface area contributed by atoms with E-state index in [0.29, 0.717) is 6.10 Å². The maximum Gasteiger partial charge on any atom is 0.100 e. The van der Waals surface area contributed by atoms with E-state index < -0.39 is 6.17 Å². The van der Waals surface area contributed by atoms with E-state index in [9.17, 15) is 4.39 Å². The van der Waals surface area contributed by atoms with Crippen LogP contribution in [-0.4, -0.2) is 30.9 Å². The van der Waals surface area contributed by atoms with Gasteiger partial charge in [0.25, 0.3) is 0 Å². The number of hydrogen-bond donors (Lipinski definition) is 0. The molecule has 0 radical (unpaired) electrons. The number of alkyl halides is 1. The lowest BCUT2D eigenvalue weighted by atomic mass is 9.89. The van der Waals surface area contributed by atoms with E-state index in [0.717, 1.165) is 37.5 Å². The molecule has 0 atom stereocenters. The summed E-state index contributed by atoms with van der Waals surface area (Å²) in [6.07, 6.45) is 9.03. The number of ether oxygens (including phenoxy) is 1. The van der Waals surface area contributed by atoms with Crippen LogP contribution in [-0.2, 0) is 4.74 Å². The van der Waals surface area contributed by atoms with Gasteiger partial charge in [0, 0.05) is 7.11 Å².